The van der Waals surface area contributed by atoms with E-state index in [9.17, 15) is 0 Å². The molecule has 1 heteroatoms. The number of nitrogens with one attached hydrogen (secondary N) is 1. The van der Waals surface area contributed by atoms with Gasteiger partial charge in [-0.2, -0.15) is 0 Å². The fourth-order valence-electron chi connectivity index (χ4n) is 2.40. The van der Waals surface area contributed by atoms with Gasteiger partial charge in [0.05, 0.1) is 0 Å². The molecule has 0 aliphatic carbocycles. The summed E-state index contributed by atoms with van der Waals surface area (Å²) in [4.78, 5) is 0. The molecule has 0 saturated carbocycles. The largest absolute Gasteiger partial charge is 0.316 e. The first kappa shape index (κ1) is 10.0. The summed E-state index contributed by atoms with van der Waals surface area (Å²) in [5.41, 5.74) is 0. The van der Waals surface area contributed by atoms with E-state index in [0.29, 0.717) is 0 Å². The van der Waals surface area contributed by atoms with Crippen molar-refractivity contribution in [3.8, 4) is 0 Å². The van der Waals surface area contributed by atoms with Gasteiger partial charge in [-0.05, 0) is 43.2 Å². The van der Waals surface area contributed by atoms with Crippen LogP contribution in [0.2, 0.25) is 0 Å². The Morgan fingerprint density at radius 1 is 1.17 bits per heavy atom. The van der Waals surface area contributed by atoms with Crippen LogP contribution in [0.25, 0.3) is 0 Å². The molecule has 0 aromatic heterocycles. The third-order valence-electron chi connectivity index (χ3n) is 3.02. The van der Waals surface area contributed by atoms with E-state index >= 15 is 0 Å². The number of hydrogen-bond acceptors (Lipinski definition) is 1. The summed E-state index contributed by atoms with van der Waals surface area (Å²) in [6.45, 7) is 11.9. The Labute approximate surface area is 76.9 Å². The molecule has 1 heterocycles. The Hall–Kier alpha value is -0.0400. The first-order valence-electron chi connectivity index (χ1n) is 5.32. The smallest absolute Gasteiger partial charge is 0.00148 e. The van der Waals surface area contributed by atoms with Crippen molar-refractivity contribution >= 4 is 0 Å². The van der Waals surface area contributed by atoms with E-state index in [2.05, 4.69) is 33.0 Å². The van der Waals surface area contributed by atoms with Crippen LogP contribution in [-0.2, 0) is 0 Å². The van der Waals surface area contributed by atoms with Gasteiger partial charge in [-0.1, -0.05) is 27.7 Å². The maximum absolute atomic E-state index is 3.51. The fourth-order valence-corrected chi connectivity index (χ4v) is 2.40. The van der Waals surface area contributed by atoms with E-state index in [-0.39, 0.29) is 0 Å². The van der Waals surface area contributed by atoms with E-state index in [1.54, 1.807) is 0 Å². The average Bonchev–Trinajstić information content (AvgIpc) is 2.33. The monoisotopic (exact) mass is 169 g/mol. The van der Waals surface area contributed by atoms with Gasteiger partial charge >= 0.3 is 0 Å². The highest BCUT2D eigenvalue weighted by molar-refractivity contribution is 4.83. The SMILES string of the molecule is CC(C)CC1CNCC1C(C)C. The van der Waals surface area contributed by atoms with Crippen molar-refractivity contribution in [1.29, 1.82) is 0 Å². The van der Waals surface area contributed by atoms with Crippen LogP contribution in [0.15, 0.2) is 0 Å². The van der Waals surface area contributed by atoms with Crippen LogP contribution in [0.4, 0.5) is 0 Å². The van der Waals surface area contributed by atoms with Crippen LogP contribution in [0.5, 0.6) is 0 Å². The zero-order valence-electron chi connectivity index (χ0n) is 8.93. The summed E-state index contributed by atoms with van der Waals surface area (Å²) in [6.07, 6.45) is 1.40. The normalized spacial score (nSPS) is 30.5. The van der Waals surface area contributed by atoms with Gasteiger partial charge in [0.1, 0.15) is 0 Å². The highest BCUT2D eigenvalue weighted by atomic mass is 14.9. The average molecular weight is 169 g/mol. The molecule has 2 unspecified atom stereocenters. The van der Waals surface area contributed by atoms with Crippen molar-refractivity contribution in [3.63, 3.8) is 0 Å². The molecule has 1 N–H and O–H groups in total. The van der Waals surface area contributed by atoms with Crippen molar-refractivity contribution in [2.75, 3.05) is 13.1 Å². The molecule has 0 bridgehead atoms. The lowest BCUT2D eigenvalue weighted by molar-refractivity contribution is 0.280. The summed E-state index contributed by atoms with van der Waals surface area (Å²) in [5, 5.41) is 3.51. The molecule has 1 aliphatic heterocycles. The first-order valence-corrected chi connectivity index (χ1v) is 5.32. The highest BCUT2D eigenvalue weighted by Gasteiger charge is 2.29. The Morgan fingerprint density at radius 3 is 2.33 bits per heavy atom. The fraction of sp³-hybridized carbons (Fsp3) is 1.00. The van der Waals surface area contributed by atoms with E-state index in [0.717, 1.165) is 23.7 Å². The van der Waals surface area contributed by atoms with Gasteiger partial charge in [0.25, 0.3) is 0 Å². The topological polar surface area (TPSA) is 12.0 Å². The predicted octanol–water partition coefficient (Wildman–Crippen LogP) is 2.52. The number of rotatable bonds is 3. The maximum atomic E-state index is 3.51. The van der Waals surface area contributed by atoms with Crippen molar-refractivity contribution < 1.29 is 0 Å². The van der Waals surface area contributed by atoms with E-state index in [4.69, 9.17) is 0 Å². The molecule has 72 valence electrons. The molecule has 0 radical (unpaired) electrons. The lowest BCUT2D eigenvalue weighted by Crippen LogP contribution is -2.19. The quantitative estimate of drug-likeness (QED) is 0.684. The summed E-state index contributed by atoms with van der Waals surface area (Å²) in [5.74, 6) is 3.57. The molecule has 1 nitrogen and oxygen atoms in total. The minimum Gasteiger partial charge on any atom is -0.316 e. The van der Waals surface area contributed by atoms with Crippen LogP contribution in [0.3, 0.4) is 0 Å². The zero-order valence-corrected chi connectivity index (χ0v) is 8.93. The van der Waals surface area contributed by atoms with Crippen molar-refractivity contribution in [2.45, 2.75) is 34.1 Å². The lowest BCUT2D eigenvalue weighted by Gasteiger charge is -2.23. The molecule has 0 amide bonds. The summed E-state index contributed by atoms with van der Waals surface area (Å²) >= 11 is 0. The molecule has 12 heavy (non-hydrogen) atoms. The third kappa shape index (κ3) is 2.48. The minimum atomic E-state index is 0.851. The van der Waals surface area contributed by atoms with Crippen molar-refractivity contribution in [2.24, 2.45) is 23.7 Å². The standard InChI is InChI=1S/C11H23N/c1-8(2)5-10-6-12-7-11(10)9(3)4/h8-12H,5-7H2,1-4H3. The number of hydrogen-bond donors (Lipinski definition) is 1. The summed E-state index contributed by atoms with van der Waals surface area (Å²) < 4.78 is 0. The second-order valence-electron chi connectivity index (χ2n) is 4.96. The molecule has 2 atom stereocenters. The molecule has 1 fully saturated rings. The maximum Gasteiger partial charge on any atom is -0.00148 e. The van der Waals surface area contributed by atoms with Crippen LogP contribution < -0.4 is 5.32 Å². The molecule has 0 aromatic carbocycles. The molecule has 0 aromatic rings. The third-order valence-corrected chi connectivity index (χ3v) is 3.02. The lowest BCUT2D eigenvalue weighted by atomic mass is 9.82. The van der Waals surface area contributed by atoms with Crippen LogP contribution in [-0.4, -0.2) is 13.1 Å². The molecule has 1 rings (SSSR count). The van der Waals surface area contributed by atoms with Gasteiger partial charge in [-0.15, -0.1) is 0 Å². The van der Waals surface area contributed by atoms with Crippen molar-refractivity contribution in [3.05, 3.63) is 0 Å². The molecule has 0 spiro atoms. The van der Waals surface area contributed by atoms with E-state index < -0.39 is 0 Å². The van der Waals surface area contributed by atoms with Gasteiger partial charge in [0, 0.05) is 0 Å². The molecule has 1 aliphatic rings. The Kier molecular flexibility index (Phi) is 3.57. The van der Waals surface area contributed by atoms with Crippen molar-refractivity contribution in [1.82, 2.24) is 5.32 Å². The molecular formula is C11H23N. The Balaban J connectivity index is 2.41. The van der Waals surface area contributed by atoms with Gasteiger partial charge in [0.15, 0.2) is 0 Å². The predicted molar refractivity (Wildman–Crippen MR) is 54.1 cm³/mol. The van der Waals surface area contributed by atoms with Gasteiger partial charge in [-0.25, -0.2) is 0 Å². The minimum absolute atomic E-state index is 0.851. The van der Waals surface area contributed by atoms with E-state index in [1.165, 1.54) is 19.5 Å². The Morgan fingerprint density at radius 2 is 1.83 bits per heavy atom. The van der Waals surface area contributed by atoms with Gasteiger partial charge < -0.3 is 5.32 Å². The Bertz CT molecular complexity index is 129. The first-order chi connectivity index (χ1) is 5.61. The summed E-state index contributed by atoms with van der Waals surface area (Å²) in [7, 11) is 0. The second kappa shape index (κ2) is 4.27. The van der Waals surface area contributed by atoms with Crippen LogP contribution >= 0.6 is 0 Å². The van der Waals surface area contributed by atoms with Crippen LogP contribution in [0.1, 0.15) is 34.1 Å². The molecular weight excluding hydrogens is 146 g/mol. The van der Waals surface area contributed by atoms with E-state index in [1.807, 2.05) is 0 Å². The van der Waals surface area contributed by atoms with Gasteiger partial charge in [0.2, 0.25) is 0 Å². The highest BCUT2D eigenvalue weighted by Crippen LogP contribution is 2.29. The van der Waals surface area contributed by atoms with Gasteiger partial charge in [-0.3, -0.25) is 0 Å². The molecule has 1 saturated heterocycles. The summed E-state index contributed by atoms with van der Waals surface area (Å²) in [6, 6.07) is 0. The van der Waals surface area contributed by atoms with Crippen LogP contribution in [0, 0.1) is 23.7 Å². The second-order valence-corrected chi connectivity index (χ2v) is 4.96. The zero-order chi connectivity index (χ0) is 9.14.